The highest BCUT2D eigenvalue weighted by Crippen LogP contribution is 2.31. The lowest BCUT2D eigenvalue weighted by molar-refractivity contribution is 0.121. The molecule has 0 aliphatic rings. The van der Waals surface area contributed by atoms with Crippen molar-refractivity contribution in [3.05, 3.63) is 0 Å². The molecule has 0 aliphatic carbocycles. The summed E-state index contributed by atoms with van der Waals surface area (Å²) in [6, 6.07) is 0.915. The van der Waals surface area contributed by atoms with Crippen molar-refractivity contribution in [2.24, 2.45) is 5.41 Å². The first-order chi connectivity index (χ1) is 12.4. The van der Waals surface area contributed by atoms with Gasteiger partial charge in [0.1, 0.15) is 0 Å². The maximum atomic E-state index is 5.52. The van der Waals surface area contributed by atoms with E-state index < -0.39 is 8.80 Å². The molecule has 0 bridgehead atoms. The van der Waals surface area contributed by atoms with Crippen molar-refractivity contribution >= 4 is 8.80 Å². The quantitative estimate of drug-likeness (QED) is 0.171. The number of hydrogen-bond donors (Lipinski definition) is 0. The van der Waals surface area contributed by atoms with Crippen LogP contribution in [0.4, 0.5) is 0 Å². The van der Waals surface area contributed by atoms with Crippen molar-refractivity contribution in [3.63, 3.8) is 0 Å². The third kappa shape index (κ3) is 13.3. The molecule has 0 aromatic heterocycles. The molecule has 4 heteroatoms. The van der Waals surface area contributed by atoms with Crippen LogP contribution in [0.15, 0.2) is 0 Å². The Balaban J connectivity index is 3.63. The van der Waals surface area contributed by atoms with Gasteiger partial charge in [-0.25, -0.2) is 0 Å². The average Bonchev–Trinajstić information content (AvgIpc) is 2.63. The molecule has 0 atom stereocenters. The number of hydrogen-bond acceptors (Lipinski definition) is 3. The summed E-state index contributed by atoms with van der Waals surface area (Å²) < 4.78 is 16.6. The Bertz CT molecular complexity index is 295. The van der Waals surface area contributed by atoms with Gasteiger partial charge in [0.25, 0.3) is 0 Å². The molecule has 0 amide bonds. The van der Waals surface area contributed by atoms with E-state index in [4.69, 9.17) is 13.3 Å². The smallest absolute Gasteiger partial charge is 0.377 e. The van der Waals surface area contributed by atoms with Crippen molar-refractivity contribution in [2.75, 3.05) is 21.3 Å². The number of unbranched alkanes of at least 4 members (excludes halogenated alkanes) is 10. The lowest BCUT2D eigenvalue weighted by atomic mass is 9.82. The average molecular weight is 389 g/mol. The zero-order valence-corrected chi connectivity index (χ0v) is 19.8. The maximum Gasteiger partial charge on any atom is 0.500 e. The Hall–Kier alpha value is 0.0969. The van der Waals surface area contributed by atoms with Crippen LogP contribution >= 0.6 is 0 Å². The van der Waals surface area contributed by atoms with Crippen molar-refractivity contribution in [1.29, 1.82) is 0 Å². The second-order valence-corrected chi connectivity index (χ2v) is 11.7. The normalized spacial score (nSPS) is 12.7. The zero-order valence-electron chi connectivity index (χ0n) is 18.8. The van der Waals surface area contributed by atoms with Crippen LogP contribution in [0.1, 0.15) is 111 Å². The van der Waals surface area contributed by atoms with Crippen LogP contribution in [0.3, 0.4) is 0 Å². The molecule has 3 nitrogen and oxygen atoms in total. The van der Waals surface area contributed by atoms with E-state index >= 15 is 0 Å². The Morgan fingerprint density at radius 1 is 0.577 bits per heavy atom. The summed E-state index contributed by atoms with van der Waals surface area (Å²) in [6.07, 6.45) is 19.2. The molecular weight excluding hydrogens is 340 g/mol. The summed E-state index contributed by atoms with van der Waals surface area (Å²) in [5, 5.41) is 0. The van der Waals surface area contributed by atoms with Crippen molar-refractivity contribution < 1.29 is 13.3 Å². The fourth-order valence-corrected chi connectivity index (χ4v) is 5.45. The van der Waals surface area contributed by atoms with Gasteiger partial charge in [-0.15, -0.1) is 0 Å². The summed E-state index contributed by atoms with van der Waals surface area (Å²) in [4.78, 5) is 0. The third-order valence-electron chi connectivity index (χ3n) is 5.73. The van der Waals surface area contributed by atoms with Gasteiger partial charge in [0, 0.05) is 27.4 Å². The van der Waals surface area contributed by atoms with Crippen LogP contribution in [0, 0.1) is 5.41 Å². The minimum atomic E-state index is -2.38. The summed E-state index contributed by atoms with van der Waals surface area (Å²) in [5.41, 5.74) is 0.411. The minimum Gasteiger partial charge on any atom is -0.377 e. The van der Waals surface area contributed by atoms with Crippen molar-refractivity contribution in [1.82, 2.24) is 0 Å². The third-order valence-corrected chi connectivity index (χ3v) is 8.56. The molecule has 0 heterocycles. The van der Waals surface area contributed by atoms with Crippen LogP contribution in [-0.2, 0) is 13.3 Å². The van der Waals surface area contributed by atoms with Crippen LogP contribution in [0.25, 0.3) is 0 Å². The second kappa shape index (κ2) is 16.1. The Morgan fingerprint density at radius 3 is 1.38 bits per heavy atom. The van der Waals surface area contributed by atoms with Crippen molar-refractivity contribution in [2.45, 2.75) is 117 Å². The molecule has 0 aromatic carbocycles. The summed E-state index contributed by atoms with van der Waals surface area (Å²) >= 11 is 0. The molecule has 0 N–H and O–H groups in total. The van der Waals surface area contributed by atoms with Gasteiger partial charge in [-0.1, -0.05) is 91.4 Å². The number of rotatable bonds is 19. The molecule has 26 heavy (non-hydrogen) atoms. The van der Waals surface area contributed by atoms with Crippen LogP contribution in [-0.4, -0.2) is 30.1 Å². The van der Waals surface area contributed by atoms with Gasteiger partial charge in [-0.2, -0.15) is 0 Å². The second-order valence-electron chi connectivity index (χ2n) is 8.60. The van der Waals surface area contributed by atoms with Crippen molar-refractivity contribution in [3.8, 4) is 0 Å². The molecular formula is C22H48O3Si. The molecule has 0 fully saturated rings. The molecule has 0 aliphatic heterocycles. The maximum absolute atomic E-state index is 5.52. The summed E-state index contributed by atoms with van der Waals surface area (Å²) in [6.45, 7) is 7.09. The molecule has 0 aromatic rings. The first-order valence-corrected chi connectivity index (χ1v) is 13.0. The monoisotopic (exact) mass is 388 g/mol. The SMILES string of the molecule is CCCCCCCCCCCCCC(C)(C)CCC[Si](OC)(OC)OC. The molecule has 0 unspecified atom stereocenters. The minimum absolute atomic E-state index is 0.411. The van der Waals surface area contributed by atoms with E-state index in [9.17, 15) is 0 Å². The standard InChI is InChI=1S/C22H48O3Si/c1-7-8-9-10-11-12-13-14-15-16-17-19-22(2,3)20-18-21-26(23-4,24-5)25-6/h7-21H2,1-6H3. The predicted molar refractivity (Wildman–Crippen MR) is 116 cm³/mol. The molecule has 158 valence electrons. The molecule has 0 saturated heterocycles. The van der Waals surface area contributed by atoms with E-state index in [2.05, 4.69) is 20.8 Å². The molecule has 0 saturated carbocycles. The van der Waals surface area contributed by atoms with Gasteiger partial charge in [-0.3, -0.25) is 0 Å². The zero-order chi connectivity index (χ0) is 19.7. The van der Waals surface area contributed by atoms with E-state index in [1.165, 1.54) is 83.5 Å². The van der Waals surface area contributed by atoms with Crippen LogP contribution in [0.5, 0.6) is 0 Å². The van der Waals surface area contributed by atoms with E-state index in [1.54, 1.807) is 21.3 Å². The Labute approximate surface area is 165 Å². The summed E-state index contributed by atoms with van der Waals surface area (Å²) in [5.74, 6) is 0. The molecule has 0 radical (unpaired) electrons. The topological polar surface area (TPSA) is 27.7 Å². The Kier molecular flexibility index (Phi) is 16.1. The highest BCUT2D eigenvalue weighted by molar-refractivity contribution is 6.60. The predicted octanol–water partition coefficient (Wildman–Crippen LogP) is 7.37. The molecule has 0 spiro atoms. The van der Waals surface area contributed by atoms with E-state index in [-0.39, 0.29) is 0 Å². The Morgan fingerprint density at radius 2 is 0.962 bits per heavy atom. The molecule has 0 rings (SSSR count). The highest BCUT2D eigenvalue weighted by atomic mass is 28.4. The van der Waals surface area contributed by atoms with Gasteiger partial charge in [-0.05, 0) is 24.7 Å². The summed E-state index contributed by atoms with van der Waals surface area (Å²) in [7, 11) is 2.73. The van der Waals surface area contributed by atoms with Gasteiger partial charge in [0.05, 0.1) is 0 Å². The lowest BCUT2D eigenvalue weighted by Crippen LogP contribution is -2.42. The van der Waals surface area contributed by atoms with Gasteiger partial charge in [0.2, 0.25) is 0 Å². The van der Waals surface area contributed by atoms with Crippen LogP contribution in [0.2, 0.25) is 6.04 Å². The van der Waals surface area contributed by atoms with E-state index in [0.717, 1.165) is 12.5 Å². The highest BCUT2D eigenvalue weighted by Gasteiger charge is 2.37. The van der Waals surface area contributed by atoms with E-state index in [1.807, 2.05) is 0 Å². The first kappa shape index (κ1) is 26.1. The fourth-order valence-electron chi connectivity index (χ4n) is 3.73. The van der Waals surface area contributed by atoms with Gasteiger partial charge < -0.3 is 13.3 Å². The largest absolute Gasteiger partial charge is 0.500 e. The van der Waals surface area contributed by atoms with E-state index in [0.29, 0.717) is 5.41 Å². The van der Waals surface area contributed by atoms with Gasteiger partial charge in [0.15, 0.2) is 0 Å². The lowest BCUT2D eigenvalue weighted by Gasteiger charge is -2.28. The van der Waals surface area contributed by atoms with Crippen LogP contribution < -0.4 is 0 Å². The van der Waals surface area contributed by atoms with Gasteiger partial charge >= 0.3 is 8.80 Å². The fraction of sp³-hybridized carbons (Fsp3) is 1.00. The first-order valence-electron chi connectivity index (χ1n) is 11.1.